The Morgan fingerprint density at radius 2 is 2.19 bits per heavy atom. The molecule has 86 valence electrons. The van der Waals surface area contributed by atoms with E-state index in [1.807, 2.05) is 0 Å². The largest absolute Gasteiger partial charge is 0.241 e. The Hall–Kier alpha value is -0.670. The van der Waals surface area contributed by atoms with Crippen LogP contribution in [0.1, 0.15) is 30.8 Å². The molecule has 2 rings (SSSR count). The average molecular weight is 255 g/mol. The van der Waals surface area contributed by atoms with Crippen LogP contribution in [0.3, 0.4) is 0 Å². The second-order valence-electron chi connectivity index (χ2n) is 3.82. The van der Waals surface area contributed by atoms with Crippen molar-refractivity contribution < 1.29 is 0 Å². The normalized spacial score (nSPS) is 13.2. The molecule has 0 aliphatic carbocycles. The molecule has 2 aromatic heterocycles. The van der Waals surface area contributed by atoms with Gasteiger partial charge < -0.3 is 0 Å². The predicted molar refractivity (Wildman–Crippen MR) is 70.4 cm³/mol. The maximum absolute atomic E-state index is 6.18. The molecular formula is C12H15ClN2S. The molecule has 0 aromatic carbocycles. The van der Waals surface area contributed by atoms with Gasteiger partial charge in [-0.05, 0) is 18.9 Å². The Bertz CT molecular complexity index is 481. The zero-order valence-electron chi connectivity index (χ0n) is 9.53. The number of thiophene rings is 1. The van der Waals surface area contributed by atoms with Gasteiger partial charge in [-0.3, -0.25) is 0 Å². The second kappa shape index (κ2) is 5.11. The Balaban J connectivity index is 2.40. The minimum absolute atomic E-state index is 0.170. The molecule has 2 aromatic rings. The van der Waals surface area contributed by atoms with Crippen molar-refractivity contribution in [3.8, 4) is 0 Å². The number of alkyl halides is 1. The number of aromatic nitrogens is 2. The molecule has 0 bridgehead atoms. The molecule has 1 unspecified atom stereocenters. The van der Waals surface area contributed by atoms with Gasteiger partial charge in [-0.15, -0.1) is 22.9 Å². The smallest absolute Gasteiger partial charge is 0.127 e. The minimum Gasteiger partial charge on any atom is -0.241 e. The number of fused-ring (bicyclic) bond motifs is 1. The second-order valence-corrected chi connectivity index (χ2v) is 5.55. The first-order valence-corrected chi connectivity index (χ1v) is 6.86. The molecule has 16 heavy (non-hydrogen) atoms. The summed E-state index contributed by atoms with van der Waals surface area (Å²) >= 11 is 7.94. The molecule has 0 fully saturated rings. The molecular weight excluding hydrogens is 240 g/mol. The zero-order valence-corrected chi connectivity index (χ0v) is 11.1. The van der Waals surface area contributed by atoms with E-state index in [-0.39, 0.29) is 5.38 Å². The van der Waals surface area contributed by atoms with E-state index in [9.17, 15) is 0 Å². The SMILES string of the molecule is CCc1cc2c(CC(Cl)CC)ncnc2s1. The zero-order chi connectivity index (χ0) is 11.5. The van der Waals surface area contributed by atoms with Crippen LogP contribution in [0.5, 0.6) is 0 Å². The third-order valence-electron chi connectivity index (χ3n) is 2.67. The molecule has 0 saturated heterocycles. The number of halogens is 1. The molecule has 1 atom stereocenters. The van der Waals surface area contributed by atoms with E-state index < -0.39 is 0 Å². The fourth-order valence-corrected chi connectivity index (χ4v) is 2.75. The van der Waals surface area contributed by atoms with Gasteiger partial charge in [0.25, 0.3) is 0 Å². The van der Waals surface area contributed by atoms with Crippen molar-refractivity contribution in [2.75, 3.05) is 0 Å². The van der Waals surface area contributed by atoms with Gasteiger partial charge in [0, 0.05) is 22.1 Å². The number of nitrogens with zero attached hydrogens (tertiary/aromatic N) is 2. The van der Waals surface area contributed by atoms with Crippen molar-refractivity contribution in [3.63, 3.8) is 0 Å². The summed E-state index contributed by atoms with van der Waals surface area (Å²) in [4.78, 5) is 11.1. The fourth-order valence-electron chi connectivity index (χ4n) is 1.65. The predicted octanol–water partition coefficient (Wildman–Crippen LogP) is 3.81. The number of rotatable bonds is 4. The van der Waals surface area contributed by atoms with Gasteiger partial charge in [0.1, 0.15) is 11.2 Å². The summed E-state index contributed by atoms with van der Waals surface area (Å²) < 4.78 is 0. The Kier molecular flexibility index (Phi) is 3.77. The molecule has 0 saturated carbocycles. The van der Waals surface area contributed by atoms with Crippen LogP contribution in [0.15, 0.2) is 12.4 Å². The highest BCUT2D eigenvalue weighted by molar-refractivity contribution is 7.18. The van der Waals surface area contributed by atoms with Crippen LogP contribution in [0.4, 0.5) is 0 Å². The fraction of sp³-hybridized carbons (Fsp3) is 0.500. The minimum atomic E-state index is 0.170. The lowest BCUT2D eigenvalue weighted by Gasteiger charge is -2.05. The molecule has 4 heteroatoms. The molecule has 0 aliphatic rings. The van der Waals surface area contributed by atoms with Gasteiger partial charge in [0.05, 0.1) is 5.69 Å². The van der Waals surface area contributed by atoms with Gasteiger partial charge in [-0.1, -0.05) is 13.8 Å². The standard InChI is InChI=1S/C12H15ClN2S/c1-3-8(13)5-11-10-6-9(4-2)16-12(10)15-7-14-11/h6-8H,3-5H2,1-2H3. The Morgan fingerprint density at radius 3 is 2.88 bits per heavy atom. The average Bonchev–Trinajstić information content (AvgIpc) is 2.73. The van der Waals surface area contributed by atoms with Crippen LogP contribution in [0.2, 0.25) is 0 Å². The Morgan fingerprint density at radius 1 is 1.38 bits per heavy atom. The van der Waals surface area contributed by atoms with Crippen LogP contribution >= 0.6 is 22.9 Å². The summed E-state index contributed by atoms with van der Waals surface area (Å²) in [6.45, 7) is 4.26. The highest BCUT2D eigenvalue weighted by atomic mass is 35.5. The van der Waals surface area contributed by atoms with E-state index in [0.717, 1.165) is 29.8 Å². The van der Waals surface area contributed by atoms with Crippen molar-refractivity contribution in [2.45, 2.75) is 38.5 Å². The van der Waals surface area contributed by atoms with Gasteiger partial charge in [-0.2, -0.15) is 0 Å². The lowest BCUT2D eigenvalue weighted by atomic mass is 10.1. The number of hydrogen-bond donors (Lipinski definition) is 0. The quantitative estimate of drug-likeness (QED) is 0.776. The highest BCUT2D eigenvalue weighted by Crippen LogP contribution is 2.27. The summed E-state index contributed by atoms with van der Waals surface area (Å²) in [7, 11) is 0. The summed E-state index contributed by atoms with van der Waals surface area (Å²) in [5.74, 6) is 0. The molecule has 0 radical (unpaired) electrons. The van der Waals surface area contributed by atoms with E-state index in [4.69, 9.17) is 11.6 Å². The molecule has 0 spiro atoms. The number of aryl methyl sites for hydroxylation is 1. The Labute approximate surface area is 105 Å². The number of hydrogen-bond acceptors (Lipinski definition) is 3. The molecule has 0 amide bonds. The van der Waals surface area contributed by atoms with Crippen molar-refractivity contribution in [3.05, 3.63) is 23.0 Å². The van der Waals surface area contributed by atoms with E-state index in [1.165, 1.54) is 10.3 Å². The van der Waals surface area contributed by atoms with Crippen molar-refractivity contribution in [2.24, 2.45) is 0 Å². The van der Waals surface area contributed by atoms with E-state index in [0.29, 0.717) is 0 Å². The topological polar surface area (TPSA) is 25.8 Å². The van der Waals surface area contributed by atoms with Crippen molar-refractivity contribution in [1.82, 2.24) is 9.97 Å². The van der Waals surface area contributed by atoms with Crippen molar-refractivity contribution in [1.29, 1.82) is 0 Å². The highest BCUT2D eigenvalue weighted by Gasteiger charge is 2.11. The maximum Gasteiger partial charge on any atom is 0.127 e. The third-order valence-corrected chi connectivity index (χ3v) is 4.32. The molecule has 2 heterocycles. The first kappa shape index (κ1) is 11.8. The summed E-state index contributed by atoms with van der Waals surface area (Å²) in [5.41, 5.74) is 1.09. The molecule has 0 N–H and O–H groups in total. The van der Waals surface area contributed by atoms with E-state index in [1.54, 1.807) is 17.7 Å². The summed E-state index contributed by atoms with van der Waals surface area (Å²) in [6, 6.07) is 2.20. The van der Waals surface area contributed by atoms with Crippen molar-refractivity contribution >= 4 is 33.2 Å². The van der Waals surface area contributed by atoms with Crippen LogP contribution in [0.25, 0.3) is 10.2 Å². The first-order chi connectivity index (χ1) is 7.74. The van der Waals surface area contributed by atoms with Gasteiger partial charge >= 0.3 is 0 Å². The van der Waals surface area contributed by atoms with Crippen LogP contribution in [0, 0.1) is 0 Å². The van der Waals surface area contributed by atoms with E-state index >= 15 is 0 Å². The van der Waals surface area contributed by atoms with Gasteiger partial charge in [0.15, 0.2) is 0 Å². The summed E-state index contributed by atoms with van der Waals surface area (Å²) in [5, 5.41) is 1.35. The van der Waals surface area contributed by atoms with Gasteiger partial charge in [0.2, 0.25) is 0 Å². The van der Waals surface area contributed by atoms with Crippen LogP contribution in [-0.4, -0.2) is 15.3 Å². The first-order valence-electron chi connectivity index (χ1n) is 5.61. The lowest BCUT2D eigenvalue weighted by Crippen LogP contribution is -2.03. The van der Waals surface area contributed by atoms with Crippen LogP contribution in [-0.2, 0) is 12.8 Å². The maximum atomic E-state index is 6.18. The third kappa shape index (κ3) is 2.36. The summed E-state index contributed by atoms with van der Waals surface area (Å²) in [6.07, 6.45) is 4.50. The van der Waals surface area contributed by atoms with Crippen LogP contribution < -0.4 is 0 Å². The lowest BCUT2D eigenvalue weighted by molar-refractivity contribution is 0.790. The molecule has 0 aliphatic heterocycles. The van der Waals surface area contributed by atoms with Gasteiger partial charge in [-0.25, -0.2) is 9.97 Å². The monoisotopic (exact) mass is 254 g/mol. The van der Waals surface area contributed by atoms with E-state index in [2.05, 4.69) is 29.9 Å². The molecule has 2 nitrogen and oxygen atoms in total.